The zero-order valence-electron chi connectivity index (χ0n) is 12.4. The molecule has 0 aromatic carbocycles. The predicted molar refractivity (Wildman–Crippen MR) is 84.8 cm³/mol. The monoisotopic (exact) mass is 438 g/mol. The molecule has 0 aliphatic carbocycles. The second-order valence-corrected chi connectivity index (χ2v) is 6.12. The second kappa shape index (κ2) is 7.25. The highest BCUT2D eigenvalue weighted by Crippen LogP contribution is 2.30. The van der Waals surface area contributed by atoms with Crippen molar-refractivity contribution in [3.63, 3.8) is 0 Å². The van der Waals surface area contributed by atoms with Crippen LogP contribution in [0.5, 0.6) is 0 Å². The molecule has 23 heavy (non-hydrogen) atoms. The van der Waals surface area contributed by atoms with E-state index in [4.69, 9.17) is 14.2 Å². The van der Waals surface area contributed by atoms with E-state index in [0.717, 1.165) is 0 Å². The molecular formula is C13H15IN2O7. The number of rotatable bonds is 4. The van der Waals surface area contributed by atoms with Gasteiger partial charge in [0.1, 0.15) is 25.0 Å². The molecule has 1 aromatic rings. The highest BCUT2D eigenvalue weighted by atomic mass is 127. The van der Waals surface area contributed by atoms with Crippen molar-refractivity contribution in [2.24, 2.45) is 0 Å². The van der Waals surface area contributed by atoms with E-state index in [-0.39, 0.29) is 13.0 Å². The first-order valence-electron chi connectivity index (χ1n) is 6.75. The van der Waals surface area contributed by atoms with E-state index in [2.05, 4.69) is 4.98 Å². The molecule has 1 fully saturated rings. The molecule has 0 saturated carbocycles. The van der Waals surface area contributed by atoms with Gasteiger partial charge < -0.3 is 14.2 Å². The SMILES string of the molecule is CC(=O)OC[C@H]1O[C@@H](n2cc(I)c(=O)[nH]c2=O)C[C@H]1OC(C)=O. The third-order valence-corrected chi connectivity index (χ3v) is 3.95. The number of aromatic amines is 1. The molecule has 10 heteroatoms. The minimum atomic E-state index is -0.738. The van der Waals surface area contributed by atoms with Crippen molar-refractivity contribution in [3.05, 3.63) is 30.6 Å². The van der Waals surface area contributed by atoms with Gasteiger partial charge in [0.2, 0.25) is 0 Å². The molecule has 2 rings (SSSR count). The van der Waals surface area contributed by atoms with E-state index in [1.54, 1.807) is 22.6 Å². The fourth-order valence-corrected chi connectivity index (χ4v) is 2.67. The fraction of sp³-hybridized carbons (Fsp3) is 0.538. The summed E-state index contributed by atoms with van der Waals surface area (Å²) in [6.45, 7) is 2.41. The largest absolute Gasteiger partial charge is 0.463 e. The van der Waals surface area contributed by atoms with Crippen LogP contribution in [0.1, 0.15) is 26.5 Å². The van der Waals surface area contributed by atoms with Gasteiger partial charge >= 0.3 is 17.6 Å². The predicted octanol–water partition coefficient (Wildman–Crippen LogP) is -0.0765. The topological polar surface area (TPSA) is 117 Å². The summed E-state index contributed by atoms with van der Waals surface area (Å²) in [5, 5.41) is 0. The Morgan fingerprint density at radius 3 is 2.70 bits per heavy atom. The number of ether oxygens (including phenoxy) is 3. The van der Waals surface area contributed by atoms with Crippen molar-refractivity contribution in [3.8, 4) is 0 Å². The molecule has 1 aliphatic rings. The van der Waals surface area contributed by atoms with Gasteiger partial charge in [0.05, 0.1) is 3.57 Å². The Labute approximate surface area is 144 Å². The van der Waals surface area contributed by atoms with Crippen LogP contribution in [-0.4, -0.2) is 40.3 Å². The molecule has 3 atom stereocenters. The molecule has 0 amide bonds. The molecule has 2 heterocycles. The summed E-state index contributed by atoms with van der Waals surface area (Å²) in [7, 11) is 0. The first-order chi connectivity index (χ1) is 10.8. The average molecular weight is 438 g/mol. The van der Waals surface area contributed by atoms with Crippen LogP contribution >= 0.6 is 22.6 Å². The van der Waals surface area contributed by atoms with E-state index in [1.165, 1.54) is 24.6 Å². The number of nitrogens with zero attached hydrogens (tertiary/aromatic N) is 1. The van der Waals surface area contributed by atoms with Crippen LogP contribution in [0.2, 0.25) is 0 Å². The number of carbonyl (C=O) groups excluding carboxylic acids is 2. The highest BCUT2D eigenvalue weighted by molar-refractivity contribution is 14.1. The molecule has 1 aliphatic heterocycles. The Hall–Kier alpha value is -1.69. The van der Waals surface area contributed by atoms with Gasteiger partial charge in [0.15, 0.2) is 0 Å². The van der Waals surface area contributed by atoms with Gasteiger partial charge in [0.25, 0.3) is 5.56 Å². The first kappa shape index (κ1) is 17.7. The summed E-state index contributed by atoms with van der Waals surface area (Å²) in [6.07, 6.45) is -0.519. The number of hydrogen-bond donors (Lipinski definition) is 1. The van der Waals surface area contributed by atoms with E-state index in [0.29, 0.717) is 3.57 Å². The lowest BCUT2D eigenvalue weighted by Gasteiger charge is -2.17. The zero-order valence-corrected chi connectivity index (χ0v) is 14.6. The van der Waals surface area contributed by atoms with Crippen LogP contribution in [-0.2, 0) is 23.8 Å². The number of H-pyrrole nitrogens is 1. The summed E-state index contributed by atoms with van der Waals surface area (Å²) in [5.41, 5.74) is -1.12. The zero-order chi connectivity index (χ0) is 17.1. The minimum Gasteiger partial charge on any atom is -0.463 e. The van der Waals surface area contributed by atoms with Crippen molar-refractivity contribution in [1.29, 1.82) is 0 Å². The molecule has 0 unspecified atom stereocenters. The van der Waals surface area contributed by atoms with Crippen molar-refractivity contribution in [1.82, 2.24) is 9.55 Å². The summed E-state index contributed by atoms with van der Waals surface area (Å²) >= 11 is 1.80. The molecule has 1 aromatic heterocycles. The van der Waals surface area contributed by atoms with Crippen LogP contribution in [0, 0.1) is 3.57 Å². The number of halogens is 1. The Bertz CT molecular complexity index is 726. The van der Waals surface area contributed by atoms with Gasteiger partial charge in [-0.25, -0.2) is 4.79 Å². The maximum absolute atomic E-state index is 11.9. The van der Waals surface area contributed by atoms with Crippen molar-refractivity contribution >= 4 is 34.5 Å². The number of nitrogens with one attached hydrogen (secondary N) is 1. The van der Waals surface area contributed by atoms with Crippen molar-refractivity contribution in [2.45, 2.75) is 38.7 Å². The van der Waals surface area contributed by atoms with Gasteiger partial charge in [0, 0.05) is 26.5 Å². The quantitative estimate of drug-likeness (QED) is 0.517. The minimum absolute atomic E-state index is 0.0982. The number of esters is 2. The smallest absolute Gasteiger partial charge is 0.330 e. The third kappa shape index (κ3) is 4.41. The van der Waals surface area contributed by atoms with Crippen molar-refractivity contribution in [2.75, 3.05) is 6.61 Å². The lowest BCUT2D eigenvalue weighted by atomic mass is 10.2. The molecule has 0 spiro atoms. The van der Waals surface area contributed by atoms with E-state index >= 15 is 0 Å². The normalized spacial score (nSPS) is 23.5. The first-order valence-corrected chi connectivity index (χ1v) is 7.83. The molecule has 9 nitrogen and oxygen atoms in total. The summed E-state index contributed by atoms with van der Waals surface area (Å²) in [6, 6.07) is 0. The lowest BCUT2D eigenvalue weighted by Crippen LogP contribution is -2.33. The van der Waals surface area contributed by atoms with Crippen LogP contribution in [0.4, 0.5) is 0 Å². The molecule has 126 valence electrons. The summed E-state index contributed by atoms with van der Waals surface area (Å²) < 4.78 is 17.3. The van der Waals surface area contributed by atoms with E-state index in [1.807, 2.05) is 0 Å². The Morgan fingerprint density at radius 2 is 2.09 bits per heavy atom. The molecule has 1 N–H and O–H groups in total. The van der Waals surface area contributed by atoms with E-state index < -0.39 is 41.6 Å². The second-order valence-electron chi connectivity index (χ2n) is 4.96. The summed E-state index contributed by atoms with van der Waals surface area (Å²) in [5.74, 6) is -0.996. The summed E-state index contributed by atoms with van der Waals surface area (Å²) in [4.78, 5) is 47.6. The van der Waals surface area contributed by atoms with Crippen molar-refractivity contribution < 1.29 is 23.8 Å². The molecule has 0 radical (unpaired) electrons. The van der Waals surface area contributed by atoms with Gasteiger partial charge in [-0.2, -0.15) is 0 Å². The van der Waals surface area contributed by atoms with Crippen LogP contribution < -0.4 is 11.2 Å². The Morgan fingerprint density at radius 1 is 1.39 bits per heavy atom. The Balaban J connectivity index is 2.23. The van der Waals surface area contributed by atoms with Crippen LogP contribution in [0.25, 0.3) is 0 Å². The van der Waals surface area contributed by atoms with Gasteiger partial charge in [-0.15, -0.1) is 0 Å². The average Bonchev–Trinajstić information content (AvgIpc) is 2.82. The number of hydrogen-bond acceptors (Lipinski definition) is 7. The van der Waals surface area contributed by atoms with Crippen LogP contribution in [0.3, 0.4) is 0 Å². The maximum Gasteiger partial charge on any atom is 0.330 e. The standard InChI is InChI=1S/C13H15IN2O7/c1-6(17)21-5-10-9(22-7(2)18)3-11(23-10)16-4-8(14)12(19)15-13(16)20/h4,9-11H,3,5H2,1-2H3,(H,15,19,20)/t9-,10-,11-/m1/s1. The highest BCUT2D eigenvalue weighted by Gasteiger charge is 2.39. The maximum atomic E-state index is 11.9. The molecular weight excluding hydrogens is 423 g/mol. The Kier molecular flexibility index (Phi) is 5.57. The lowest BCUT2D eigenvalue weighted by molar-refractivity contribution is -0.155. The third-order valence-electron chi connectivity index (χ3n) is 3.18. The van der Waals surface area contributed by atoms with Gasteiger partial charge in [-0.05, 0) is 22.6 Å². The van der Waals surface area contributed by atoms with E-state index in [9.17, 15) is 19.2 Å². The molecule has 1 saturated heterocycles. The van der Waals surface area contributed by atoms with Gasteiger partial charge in [-0.1, -0.05) is 0 Å². The number of carbonyl (C=O) groups is 2. The van der Waals surface area contributed by atoms with Gasteiger partial charge in [-0.3, -0.25) is 23.9 Å². The molecule has 0 bridgehead atoms. The van der Waals surface area contributed by atoms with Crippen LogP contribution in [0.15, 0.2) is 15.8 Å². The fourth-order valence-electron chi connectivity index (χ4n) is 2.23. The number of aromatic nitrogens is 2.